The molecule has 21 heavy (non-hydrogen) atoms. The second kappa shape index (κ2) is 7.93. The second-order valence-corrected chi connectivity index (χ2v) is 5.07. The van der Waals surface area contributed by atoms with E-state index in [0.29, 0.717) is 30.2 Å². The van der Waals surface area contributed by atoms with Gasteiger partial charge in [-0.05, 0) is 32.3 Å². The van der Waals surface area contributed by atoms with Crippen LogP contribution in [0.4, 0.5) is 5.82 Å². The highest BCUT2D eigenvalue weighted by atomic mass is 16.5. The minimum Gasteiger partial charge on any atom is -0.478 e. The molecule has 0 radical (unpaired) electrons. The number of carboxylic acids is 1. The fourth-order valence-electron chi connectivity index (χ4n) is 2.43. The zero-order chi connectivity index (χ0) is 16.0. The molecule has 6 heteroatoms. The Balaban J connectivity index is 3.35. The Hall–Kier alpha value is -1.69. The first-order valence-corrected chi connectivity index (χ1v) is 7.30. The van der Waals surface area contributed by atoms with Crippen molar-refractivity contribution in [3.05, 3.63) is 16.8 Å². The largest absolute Gasteiger partial charge is 0.478 e. The molecule has 0 atom stereocenters. The molecule has 0 aliphatic carbocycles. The fraction of sp³-hybridized carbons (Fsp3) is 0.667. The van der Waals surface area contributed by atoms with E-state index in [0.717, 1.165) is 12.8 Å². The lowest BCUT2D eigenvalue weighted by Gasteiger charge is -2.32. The Morgan fingerprint density at radius 2 is 1.90 bits per heavy atom. The summed E-state index contributed by atoms with van der Waals surface area (Å²) in [7, 11) is 1.63. The van der Waals surface area contributed by atoms with Crippen LogP contribution in [0, 0.1) is 13.8 Å². The van der Waals surface area contributed by atoms with Crippen molar-refractivity contribution in [2.45, 2.75) is 46.6 Å². The first-order valence-electron chi connectivity index (χ1n) is 7.30. The monoisotopic (exact) mass is 295 g/mol. The summed E-state index contributed by atoms with van der Waals surface area (Å²) in [6.07, 6.45) is 1.82. The van der Waals surface area contributed by atoms with E-state index in [9.17, 15) is 9.90 Å². The van der Waals surface area contributed by atoms with E-state index < -0.39 is 5.97 Å². The van der Waals surface area contributed by atoms with E-state index in [-0.39, 0.29) is 11.6 Å². The fourth-order valence-corrected chi connectivity index (χ4v) is 2.43. The van der Waals surface area contributed by atoms with E-state index in [4.69, 9.17) is 4.74 Å². The summed E-state index contributed by atoms with van der Waals surface area (Å²) < 4.78 is 5.15. The summed E-state index contributed by atoms with van der Waals surface area (Å²) in [6.45, 7) is 8.84. The predicted molar refractivity (Wildman–Crippen MR) is 82.1 cm³/mol. The van der Waals surface area contributed by atoms with Crippen molar-refractivity contribution in [1.82, 2.24) is 10.2 Å². The summed E-state index contributed by atoms with van der Waals surface area (Å²) in [5.41, 5.74) is 1.55. The van der Waals surface area contributed by atoms with Crippen LogP contribution in [0.3, 0.4) is 0 Å². The number of aryl methyl sites for hydroxylation is 1. The van der Waals surface area contributed by atoms with Crippen LogP contribution in [0.15, 0.2) is 0 Å². The number of nitrogens with zero attached hydrogens (tertiary/aromatic N) is 3. The number of carbonyl (C=O) groups is 1. The van der Waals surface area contributed by atoms with Crippen molar-refractivity contribution in [3.63, 3.8) is 0 Å². The molecular weight excluding hydrogens is 270 g/mol. The lowest BCUT2D eigenvalue weighted by Crippen LogP contribution is -2.39. The molecule has 1 rings (SSSR count). The van der Waals surface area contributed by atoms with Gasteiger partial charge in [-0.15, -0.1) is 5.10 Å². The average molecular weight is 295 g/mol. The van der Waals surface area contributed by atoms with Gasteiger partial charge in [-0.2, -0.15) is 5.10 Å². The number of hydrogen-bond donors (Lipinski definition) is 1. The van der Waals surface area contributed by atoms with Crippen LogP contribution in [0.5, 0.6) is 0 Å². The Morgan fingerprint density at radius 1 is 1.29 bits per heavy atom. The maximum Gasteiger partial charge on any atom is 0.339 e. The number of rotatable bonds is 8. The van der Waals surface area contributed by atoms with Gasteiger partial charge in [0.15, 0.2) is 5.82 Å². The third-order valence-electron chi connectivity index (χ3n) is 3.84. The van der Waals surface area contributed by atoms with Gasteiger partial charge in [0.1, 0.15) is 5.56 Å². The number of methoxy groups -OCH3 is 1. The minimum atomic E-state index is -0.964. The maximum atomic E-state index is 11.6. The van der Waals surface area contributed by atoms with E-state index in [1.165, 1.54) is 0 Å². The molecular formula is C15H25N3O3. The Kier molecular flexibility index (Phi) is 6.55. The van der Waals surface area contributed by atoms with Crippen molar-refractivity contribution in [1.29, 1.82) is 0 Å². The molecule has 0 saturated carbocycles. The molecule has 1 N–H and O–H groups in total. The lowest BCUT2D eigenvalue weighted by molar-refractivity contribution is 0.0695. The summed E-state index contributed by atoms with van der Waals surface area (Å²) >= 11 is 0. The molecule has 0 spiro atoms. The van der Waals surface area contributed by atoms with Gasteiger partial charge in [-0.3, -0.25) is 0 Å². The quantitative estimate of drug-likeness (QED) is 0.794. The Labute approximate surface area is 126 Å². The molecule has 0 aromatic carbocycles. The van der Waals surface area contributed by atoms with Crippen LogP contribution in [-0.2, 0) is 4.74 Å². The van der Waals surface area contributed by atoms with Crippen LogP contribution in [0.2, 0.25) is 0 Å². The highest BCUT2D eigenvalue weighted by Gasteiger charge is 2.25. The van der Waals surface area contributed by atoms with Crippen molar-refractivity contribution >= 4 is 11.8 Å². The summed E-state index contributed by atoms with van der Waals surface area (Å²) in [5.74, 6) is -0.523. The Morgan fingerprint density at radius 3 is 2.38 bits per heavy atom. The topological polar surface area (TPSA) is 75.5 Å². The molecule has 6 nitrogen and oxygen atoms in total. The van der Waals surface area contributed by atoms with Gasteiger partial charge in [0.2, 0.25) is 0 Å². The number of ether oxygens (including phenoxy) is 1. The average Bonchev–Trinajstić information content (AvgIpc) is 2.46. The van der Waals surface area contributed by atoms with Crippen LogP contribution in [0.1, 0.15) is 48.3 Å². The number of anilines is 1. The molecule has 0 fully saturated rings. The minimum absolute atomic E-state index is 0.217. The highest BCUT2D eigenvalue weighted by molar-refractivity contribution is 5.95. The first kappa shape index (κ1) is 17.4. The summed E-state index contributed by atoms with van der Waals surface area (Å²) in [4.78, 5) is 13.7. The maximum absolute atomic E-state index is 11.6. The first-order chi connectivity index (χ1) is 9.97. The van der Waals surface area contributed by atoms with Gasteiger partial charge in [0.25, 0.3) is 0 Å². The van der Waals surface area contributed by atoms with Crippen LogP contribution in [0.25, 0.3) is 0 Å². The van der Waals surface area contributed by atoms with Crippen molar-refractivity contribution < 1.29 is 14.6 Å². The molecule has 0 bridgehead atoms. The van der Waals surface area contributed by atoms with Gasteiger partial charge in [-0.25, -0.2) is 4.79 Å². The van der Waals surface area contributed by atoms with Gasteiger partial charge in [0, 0.05) is 19.7 Å². The predicted octanol–water partition coefficient (Wildman–Crippen LogP) is 2.43. The van der Waals surface area contributed by atoms with Crippen molar-refractivity contribution in [2.75, 3.05) is 25.2 Å². The van der Waals surface area contributed by atoms with Gasteiger partial charge in [-0.1, -0.05) is 13.8 Å². The number of hydrogen-bond acceptors (Lipinski definition) is 5. The number of aromatic carboxylic acids is 1. The normalized spacial score (nSPS) is 11.0. The van der Waals surface area contributed by atoms with E-state index in [1.807, 2.05) is 4.90 Å². The number of aromatic nitrogens is 2. The molecule has 1 aromatic heterocycles. The molecule has 1 aromatic rings. The van der Waals surface area contributed by atoms with Gasteiger partial charge >= 0.3 is 5.97 Å². The molecule has 0 amide bonds. The molecule has 118 valence electrons. The van der Waals surface area contributed by atoms with Crippen LogP contribution >= 0.6 is 0 Å². The standard InChI is InChI=1S/C15H25N3O3/c1-6-12(7-2)18(8-9-21-5)14-13(15(19)20)10(3)11(4)16-17-14/h12H,6-9H2,1-5H3,(H,19,20). The Bertz CT molecular complexity index is 487. The second-order valence-electron chi connectivity index (χ2n) is 5.07. The smallest absolute Gasteiger partial charge is 0.339 e. The molecule has 0 saturated heterocycles. The lowest BCUT2D eigenvalue weighted by atomic mass is 10.1. The third-order valence-corrected chi connectivity index (χ3v) is 3.84. The van der Waals surface area contributed by atoms with E-state index in [2.05, 4.69) is 24.0 Å². The van der Waals surface area contributed by atoms with Gasteiger partial charge < -0.3 is 14.7 Å². The van der Waals surface area contributed by atoms with Crippen LogP contribution < -0.4 is 4.90 Å². The van der Waals surface area contributed by atoms with Crippen molar-refractivity contribution in [2.24, 2.45) is 0 Å². The molecule has 0 unspecified atom stereocenters. The third kappa shape index (κ3) is 3.91. The highest BCUT2D eigenvalue weighted by Crippen LogP contribution is 2.25. The van der Waals surface area contributed by atoms with E-state index >= 15 is 0 Å². The molecule has 1 heterocycles. The van der Waals surface area contributed by atoms with Gasteiger partial charge in [0.05, 0.1) is 12.3 Å². The summed E-state index contributed by atoms with van der Waals surface area (Å²) in [5, 5.41) is 17.8. The summed E-state index contributed by atoms with van der Waals surface area (Å²) in [6, 6.07) is 0.217. The van der Waals surface area contributed by atoms with Crippen LogP contribution in [-0.4, -0.2) is 47.6 Å². The number of carboxylic acid groups (broad SMARTS) is 1. The molecule has 0 aliphatic heterocycles. The zero-order valence-corrected chi connectivity index (χ0v) is 13.5. The molecule has 0 aliphatic rings. The van der Waals surface area contributed by atoms with E-state index in [1.54, 1.807) is 21.0 Å². The zero-order valence-electron chi connectivity index (χ0n) is 13.5. The van der Waals surface area contributed by atoms with Crippen molar-refractivity contribution in [3.8, 4) is 0 Å². The SMILES string of the molecule is CCC(CC)N(CCOC)c1nnc(C)c(C)c1C(=O)O.